The number of hydrogen-bond donors (Lipinski definition) is 0. The zero-order chi connectivity index (χ0) is 7.11. The van der Waals surface area contributed by atoms with E-state index in [-0.39, 0.29) is 0 Å². The van der Waals surface area contributed by atoms with Crippen LogP contribution in [-0.4, -0.2) is 13.3 Å². The molecule has 0 saturated carbocycles. The highest BCUT2D eigenvalue weighted by Crippen LogP contribution is 1.85. The van der Waals surface area contributed by atoms with Crippen molar-refractivity contribution in [3.63, 3.8) is 0 Å². The molecule has 0 aromatic carbocycles. The molecule has 0 heterocycles. The van der Waals surface area contributed by atoms with E-state index in [1.165, 1.54) is 0 Å². The lowest BCUT2D eigenvalue weighted by Gasteiger charge is -1.88. The summed E-state index contributed by atoms with van der Waals surface area (Å²) in [6.45, 7) is 4.15. The first-order chi connectivity index (χ1) is 4.27. The maximum absolute atomic E-state index is 4.63. The largest absolute Gasteiger partial charge is 0.503 e. The summed E-state index contributed by atoms with van der Waals surface area (Å²) in [6.07, 6.45) is 5.02. The summed E-state index contributed by atoms with van der Waals surface area (Å²) < 4.78 is 4.63. The van der Waals surface area contributed by atoms with E-state index >= 15 is 0 Å². The molecule has 0 atom stereocenters. The lowest BCUT2D eigenvalue weighted by atomic mass is 10.3. The summed E-state index contributed by atoms with van der Waals surface area (Å²) in [4.78, 5) is 3.93. The predicted octanol–water partition coefficient (Wildman–Crippen LogP) is 1.83. The third-order valence-corrected chi connectivity index (χ3v) is 0.667. The molecule has 0 aromatic rings. The Kier molecular flexibility index (Phi) is 4.88. The number of aliphatic imine (C=N–C) groups is 1. The van der Waals surface area contributed by atoms with Crippen LogP contribution in [0.4, 0.5) is 0 Å². The van der Waals surface area contributed by atoms with Crippen LogP contribution < -0.4 is 0 Å². The summed E-state index contributed by atoms with van der Waals surface area (Å²) in [5.41, 5.74) is 0. The van der Waals surface area contributed by atoms with Gasteiger partial charge in [0.15, 0.2) is 0 Å². The monoisotopic (exact) mass is 127 g/mol. The highest BCUT2D eigenvalue weighted by atomic mass is 16.5. The van der Waals surface area contributed by atoms with Gasteiger partial charge in [0.25, 0.3) is 0 Å². The van der Waals surface area contributed by atoms with Crippen molar-refractivity contribution in [2.45, 2.75) is 13.8 Å². The van der Waals surface area contributed by atoms with Crippen molar-refractivity contribution in [2.75, 3.05) is 7.11 Å². The average Bonchev–Trinajstić information content (AvgIpc) is 1.80. The number of rotatable bonds is 3. The molecule has 0 fully saturated rings. The van der Waals surface area contributed by atoms with Crippen LogP contribution in [0.25, 0.3) is 0 Å². The topological polar surface area (TPSA) is 21.6 Å². The third-order valence-electron chi connectivity index (χ3n) is 0.667. The van der Waals surface area contributed by atoms with Gasteiger partial charge in [-0.1, -0.05) is 13.8 Å². The predicted molar refractivity (Wildman–Crippen MR) is 39.5 cm³/mol. The quantitative estimate of drug-likeness (QED) is 0.418. The van der Waals surface area contributed by atoms with E-state index < -0.39 is 0 Å². The SMILES string of the molecule is CO/C=C\N=CC(C)C. The van der Waals surface area contributed by atoms with Crippen LogP contribution in [0.5, 0.6) is 0 Å². The third kappa shape index (κ3) is 7.21. The molecule has 0 spiro atoms. The van der Waals surface area contributed by atoms with Gasteiger partial charge < -0.3 is 4.74 Å². The van der Waals surface area contributed by atoms with Gasteiger partial charge in [-0.2, -0.15) is 0 Å². The van der Waals surface area contributed by atoms with Crippen molar-refractivity contribution in [1.82, 2.24) is 0 Å². The van der Waals surface area contributed by atoms with Gasteiger partial charge >= 0.3 is 0 Å². The lowest BCUT2D eigenvalue weighted by molar-refractivity contribution is 0.337. The average molecular weight is 127 g/mol. The molecule has 0 aliphatic heterocycles. The summed E-state index contributed by atoms with van der Waals surface area (Å²) in [6, 6.07) is 0. The Morgan fingerprint density at radius 1 is 1.44 bits per heavy atom. The molecule has 0 unspecified atom stereocenters. The van der Waals surface area contributed by atoms with Gasteiger partial charge in [0.2, 0.25) is 0 Å². The normalized spacial score (nSPS) is 12.0. The Morgan fingerprint density at radius 3 is 2.56 bits per heavy atom. The number of nitrogens with zero attached hydrogens (tertiary/aromatic N) is 1. The van der Waals surface area contributed by atoms with Crippen LogP contribution in [0.3, 0.4) is 0 Å². The summed E-state index contributed by atoms with van der Waals surface area (Å²) in [5, 5.41) is 0. The Balaban J connectivity index is 3.35. The van der Waals surface area contributed by atoms with Gasteiger partial charge in [-0.25, -0.2) is 0 Å². The van der Waals surface area contributed by atoms with Gasteiger partial charge in [0.1, 0.15) is 6.26 Å². The van der Waals surface area contributed by atoms with E-state index in [4.69, 9.17) is 0 Å². The minimum absolute atomic E-state index is 0.506. The van der Waals surface area contributed by atoms with Crippen LogP contribution in [0.1, 0.15) is 13.8 Å². The molecular weight excluding hydrogens is 114 g/mol. The minimum atomic E-state index is 0.506. The number of methoxy groups -OCH3 is 1. The van der Waals surface area contributed by atoms with E-state index in [1.54, 1.807) is 19.6 Å². The van der Waals surface area contributed by atoms with E-state index in [2.05, 4.69) is 23.6 Å². The van der Waals surface area contributed by atoms with Gasteiger partial charge in [-0.3, -0.25) is 4.99 Å². The van der Waals surface area contributed by atoms with E-state index in [0.29, 0.717) is 5.92 Å². The Hall–Kier alpha value is -0.790. The molecule has 2 nitrogen and oxygen atoms in total. The first-order valence-corrected chi connectivity index (χ1v) is 2.98. The molecule has 0 rings (SSSR count). The fraction of sp³-hybridized carbons (Fsp3) is 0.571. The molecule has 0 bridgehead atoms. The molecule has 0 aliphatic rings. The Bertz CT molecular complexity index is 105. The summed E-state index contributed by atoms with van der Waals surface area (Å²) >= 11 is 0. The van der Waals surface area contributed by atoms with E-state index in [1.807, 2.05) is 6.21 Å². The Morgan fingerprint density at radius 2 is 2.11 bits per heavy atom. The molecule has 0 amide bonds. The highest BCUT2D eigenvalue weighted by molar-refractivity contribution is 5.60. The molecule has 52 valence electrons. The zero-order valence-corrected chi connectivity index (χ0v) is 6.16. The van der Waals surface area contributed by atoms with Gasteiger partial charge in [0, 0.05) is 6.21 Å². The number of ether oxygens (including phenoxy) is 1. The summed E-state index contributed by atoms with van der Waals surface area (Å²) in [7, 11) is 1.60. The standard InChI is InChI=1S/C7H13NO/c1-7(2)6-8-4-5-9-3/h4-7H,1-3H3/b5-4-,8-6?. The van der Waals surface area contributed by atoms with Gasteiger partial charge in [0.05, 0.1) is 13.3 Å². The second kappa shape index (κ2) is 5.35. The highest BCUT2D eigenvalue weighted by Gasteiger charge is 1.79. The Labute approximate surface area is 56.2 Å². The second-order valence-electron chi connectivity index (χ2n) is 2.06. The summed E-state index contributed by atoms with van der Waals surface area (Å²) in [5.74, 6) is 0.506. The fourth-order valence-electron chi connectivity index (χ4n) is 0.318. The number of hydrogen-bond acceptors (Lipinski definition) is 2. The molecular formula is C7H13NO. The van der Waals surface area contributed by atoms with Crippen molar-refractivity contribution in [3.8, 4) is 0 Å². The van der Waals surface area contributed by atoms with Crippen LogP contribution >= 0.6 is 0 Å². The van der Waals surface area contributed by atoms with E-state index in [0.717, 1.165) is 0 Å². The smallest absolute Gasteiger partial charge is 0.101 e. The molecule has 0 aliphatic carbocycles. The molecule has 0 aromatic heterocycles. The minimum Gasteiger partial charge on any atom is -0.503 e. The first-order valence-electron chi connectivity index (χ1n) is 2.98. The molecule has 0 saturated heterocycles. The van der Waals surface area contributed by atoms with Crippen LogP contribution in [0, 0.1) is 5.92 Å². The van der Waals surface area contributed by atoms with Crippen LogP contribution in [0.15, 0.2) is 17.5 Å². The lowest BCUT2D eigenvalue weighted by Crippen LogP contribution is -1.84. The molecule has 0 radical (unpaired) electrons. The first kappa shape index (κ1) is 8.21. The van der Waals surface area contributed by atoms with Gasteiger partial charge in [-0.15, -0.1) is 0 Å². The van der Waals surface area contributed by atoms with Crippen LogP contribution in [0.2, 0.25) is 0 Å². The van der Waals surface area contributed by atoms with Crippen molar-refractivity contribution < 1.29 is 4.74 Å². The maximum atomic E-state index is 4.63. The van der Waals surface area contributed by atoms with Crippen molar-refractivity contribution >= 4 is 6.21 Å². The molecule has 9 heavy (non-hydrogen) atoms. The van der Waals surface area contributed by atoms with Crippen molar-refractivity contribution in [1.29, 1.82) is 0 Å². The zero-order valence-electron chi connectivity index (χ0n) is 6.16. The fourth-order valence-corrected chi connectivity index (χ4v) is 0.318. The van der Waals surface area contributed by atoms with Crippen molar-refractivity contribution in [3.05, 3.63) is 12.5 Å². The van der Waals surface area contributed by atoms with Gasteiger partial charge in [-0.05, 0) is 5.92 Å². The molecule has 0 N–H and O–H groups in total. The van der Waals surface area contributed by atoms with Crippen LogP contribution in [-0.2, 0) is 4.74 Å². The van der Waals surface area contributed by atoms with Crippen molar-refractivity contribution in [2.24, 2.45) is 10.9 Å². The van der Waals surface area contributed by atoms with E-state index in [9.17, 15) is 0 Å². The maximum Gasteiger partial charge on any atom is 0.101 e. The molecule has 2 heteroatoms. The second-order valence-corrected chi connectivity index (χ2v) is 2.06.